The molecule has 0 spiro atoms. The highest BCUT2D eigenvalue weighted by Gasteiger charge is 2.20. The van der Waals surface area contributed by atoms with Crippen LogP contribution in [0.1, 0.15) is 29.8 Å². The predicted octanol–water partition coefficient (Wildman–Crippen LogP) is 5.21. The van der Waals surface area contributed by atoms with E-state index in [1.54, 1.807) is 22.6 Å². The van der Waals surface area contributed by atoms with E-state index in [-0.39, 0.29) is 24.1 Å². The summed E-state index contributed by atoms with van der Waals surface area (Å²) in [6, 6.07) is 9.07. The summed E-state index contributed by atoms with van der Waals surface area (Å²) in [7, 11) is 1.62. The highest BCUT2D eigenvalue weighted by molar-refractivity contribution is 6.36. The van der Waals surface area contributed by atoms with E-state index in [1.165, 1.54) is 10.7 Å². The quantitative estimate of drug-likeness (QED) is 0.265. The van der Waals surface area contributed by atoms with Crippen LogP contribution >= 0.6 is 34.8 Å². The Kier molecular flexibility index (Phi) is 11.3. The van der Waals surface area contributed by atoms with Gasteiger partial charge in [-0.2, -0.15) is 4.68 Å². The third kappa shape index (κ3) is 7.37. The number of methoxy groups -OCH3 is 1. The number of hydrogen-bond donors (Lipinski definition) is 0. The fraction of sp³-hybridized carbons (Fsp3) is 0.393. The Labute approximate surface area is 243 Å². The van der Waals surface area contributed by atoms with E-state index < -0.39 is 0 Å². The Bertz CT molecular complexity index is 1390. The van der Waals surface area contributed by atoms with E-state index >= 15 is 0 Å². The summed E-state index contributed by atoms with van der Waals surface area (Å²) in [4.78, 5) is 26.0. The zero-order chi connectivity index (χ0) is 28.5. The Morgan fingerprint density at radius 3 is 2.51 bits per heavy atom. The molecular weight excluding hydrogens is 563 g/mol. The number of ether oxygens (including phenoxy) is 2. The van der Waals surface area contributed by atoms with Crippen molar-refractivity contribution in [3.63, 3.8) is 0 Å². The van der Waals surface area contributed by atoms with Gasteiger partial charge in [0.05, 0.1) is 22.3 Å². The number of aromatic nitrogens is 3. The van der Waals surface area contributed by atoms with Gasteiger partial charge in [-0.15, -0.1) is 23.1 Å². The van der Waals surface area contributed by atoms with E-state index in [9.17, 15) is 9.59 Å². The minimum absolute atomic E-state index is 0.0164. The molecule has 11 heteroatoms. The first-order chi connectivity index (χ1) is 18.7. The first-order valence-corrected chi connectivity index (χ1v) is 13.7. The monoisotopic (exact) mass is 592 g/mol. The third-order valence-corrected chi connectivity index (χ3v) is 6.98. The molecule has 1 aromatic heterocycles. The summed E-state index contributed by atoms with van der Waals surface area (Å²) < 4.78 is 13.4. The topological polar surface area (TPSA) is 78.6 Å². The number of rotatable bonds is 8. The number of anilines is 1. The zero-order valence-corrected chi connectivity index (χ0v) is 24.4. The molecule has 2 aromatic carbocycles. The summed E-state index contributed by atoms with van der Waals surface area (Å²) in [5, 5.41) is 5.04. The van der Waals surface area contributed by atoms with Crippen LogP contribution < -0.4 is 15.3 Å². The van der Waals surface area contributed by atoms with Crippen LogP contribution in [0.25, 0.3) is 5.69 Å². The molecule has 0 N–H and O–H groups in total. The minimum Gasteiger partial charge on any atom is -0.479 e. The second kappa shape index (κ2) is 14.4. The van der Waals surface area contributed by atoms with E-state index in [0.29, 0.717) is 41.2 Å². The average molecular weight is 594 g/mol. The highest BCUT2D eigenvalue weighted by atomic mass is 35.5. The van der Waals surface area contributed by atoms with Gasteiger partial charge >= 0.3 is 5.69 Å². The molecule has 0 radical (unpaired) electrons. The highest BCUT2D eigenvalue weighted by Crippen LogP contribution is 2.32. The van der Waals surface area contributed by atoms with E-state index in [1.807, 2.05) is 32.0 Å². The summed E-state index contributed by atoms with van der Waals surface area (Å²) in [5.41, 5.74) is 3.31. The number of aryl methyl sites for hydroxylation is 3. The molecular formula is C28H31Cl3N4O4. The lowest BCUT2D eigenvalue weighted by Crippen LogP contribution is -2.35. The molecule has 0 unspecified atom stereocenters. The molecule has 1 amide bonds. The van der Waals surface area contributed by atoms with Crippen LogP contribution in [0, 0.1) is 26.2 Å². The van der Waals surface area contributed by atoms with Crippen LogP contribution in [-0.2, 0) is 22.5 Å². The lowest BCUT2D eigenvalue weighted by Gasteiger charge is -2.25. The Morgan fingerprint density at radius 1 is 1.18 bits per heavy atom. The van der Waals surface area contributed by atoms with Crippen LogP contribution in [0.4, 0.5) is 5.69 Å². The van der Waals surface area contributed by atoms with Crippen LogP contribution in [0.2, 0.25) is 10.0 Å². The molecule has 4 rings (SSSR count). The number of carbonyl (C=O) groups excluding carboxylic acids is 1. The normalized spacial score (nSPS) is 12.1. The number of fused-ring (bicyclic) bond motifs is 1. The second-order valence-corrected chi connectivity index (χ2v) is 9.94. The van der Waals surface area contributed by atoms with Crippen molar-refractivity contribution in [2.45, 2.75) is 39.7 Å². The number of benzene rings is 2. The maximum Gasteiger partial charge on any atom is 0.350 e. The molecule has 0 saturated heterocycles. The molecule has 0 aliphatic carbocycles. The molecule has 1 aliphatic rings. The van der Waals surface area contributed by atoms with Gasteiger partial charge in [-0.1, -0.05) is 47.3 Å². The molecule has 208 valence electrons. The lowest BCUT2D eigenvalue weighted by molar-refractivity contribution is -0.116. The number of halogens is 3. The Hall–Kier alpha value is -2.96. The van der Waals surface area contributed by atoms with E-state index in [4.69, 9.17) is 50.7 Å². The number of terminal acetylenes is 1. The molecule has 0 saturated carbocycles. The maximum atomic E-state index is 12.5. The van der Waals surface area contributed by atoms with Gasteiger partial charge in [-0.3, -0.25) is 9.36 Å². The smallest absolute Gasteiger partial charge is 0.350 e. The summed E-state index contributed by atoms with van der Waals surface area (Å²) in [5.74, 6) is 3.40. The van der Waals surface area contributed by atoms with Gasteiger partial charge < -0.3 is 14.4 Å². The van der Waals surface area contributed by atoms with Crippen molar-refractivity contribution in [1.82, 2.24) is 14.3 Å². The number of alkyl halides is 1. The molecule has 8 nitrogen and oxygen atoms in total. The standard InChI is InChI=1S/C15H13Cl2N3O2.C13H18ClNO2/c1-2-7-22-13-9-12(10(16)8-11(13)17)20-15(21)19-6-4-3-5-14(19)18-20;1-10-5-4-6-11(2)13(10)15(7-8-17-3)12(16)9-14/h1,8-9H,3-7H2;4-6H,7-9H2,1-3H3. The van der Waals surface area contributed by atoms with Gasteiger partial charge in [0.25, 0.3) is 0 Å². The fourth-order valence-electron chi connectivity index (χ4n) is 4.31. The molecule has 1 aliphatic heterocycles. The van der Waals surface area contributed by atoms with E-state index in [2.05, 4.69) is 11.0 Å². The van der Waals surface area contributed by atoms with Crippen LogP contribution in [0.5, 0.6) is 5.75 Å². The van der Waals surface area contributed by atoms with Crippen molar-refractivity contribution >= 4 is 46.4 Å². The van der Waals surface area contributed by atoms with Crippen LogP contribution in [0.15, 0.2) is 35.1 Å². The zero-order valence-electron chi connectivity index (χ0n) is 22.2. The van der Waals surface area contributed by atoms with Gasteiger partial charge in [0, 0.05) is 38.4 Å². The minimum atomic E-state index is -0.207. The third-order valence-electron chi connectivity index (χ3n) is 6.16. The van der Waals surface area contributed by atoms with Gasteiger partial charge in [0.2, 0.25) is 5.91 Å². The molecule has 0 fully saturated rings. The Morgan fingerprint density at radius 2 is 1.90 bits per heavy atom. The van der Waals surface area contributed by atoms with Crippen LogP contribution in [-0.4, -0.2) is 53.0 Å². The SMILES string of the molecule is C#CCOc1cc(-n2nc3n(c2=O)CCCC3)c(Cl)cc1Cl.COCCN(C(=O)CCl)c1c(C)cccc1C. The van der Waals surface area contributed by atoms with Crippen molar-refractivity contribution < 1.29 is 14.3 Å². The number of nitrogens with zero attached hydrogens (tertiary/aromatic N) is 4. The van der Waals surface area contributed by atoms with E-state index in [0.717, 1.165) is 41.9 Å². The molecule has 0 atom stereocenters. The van der Waals surface area contributed by atoms with Crippen molar-refractivity contribution in [2.75, 3.05) is 37.6 Å². The van der Waals surface area contributed by atoms with Crippen LogP contribution in [0.3, 0.4) is 0 Å². The number of para-hydroxylation sites is 1. The first kappa shape index (κ1) is 30.6. The first-order valence-electron chi connectivity index (χ1n) is 12.4. The van der Waals surface area contributed by atoms with Gasteiger partial charge in [-0.05, 0) is 43.9 Å². The number of carbonyl (C=O) groups is 1. The van der Waals surface area contributed by atoms with Crippen molar-refractivity contribution in [3.8, 4) is 23.8 Å². The van der Waals surface area contributed by atoms with Crippen molar-refractivity contribution in [1.29, 1.82) is 0 Å². The second-order valence-electron chi connectivity index (χ2n) is 8.86. The maximum absolute atomic E-state index is 12.5. The van der Waals surface area contributed by atoms with Crippen molar-refractivity contribution in [3.05, 3.63) is 67.8 Å². The van der Waals surface area contributed by atoms with Gasteiger partial charge in [0.1, 0.15) is 24.1 Å². The fourth-order valence-corrected chi connectivity index (χ4v) is 4.98. The largest absolute Gasteiger partial charge is 0.479 e. The molecule has 0 bridgehead atoms. The van der Waals surface area contributed by atoms with Crippen molar-refractivity contribution in [2.24, 2.45) is 0 Å². The summed E-state index contributed by atoms with van der Waals surface area (Å²) in [6.07, 6.45) is 7.97. The Balaban J connectivity index is 0.000000224. The number of hydrogen-bond acceptors (Lipinski definition) is 5. The number of amides is 1. The molecule has 3 aromatic rings. The molecule has 39 heavy (non-hydrogen) atoms. The van der Waals surface area contributed by atoms with Gasteiger partial charge in [0.15, 0.2) is 0 Å². The predicted molar refractivity (Wildman–Crippen MR) is 156 cm³/mol. The molecule has 2 heterocycles. The summed E-state index contributed by atoms with van der Waals surface area (Å²) in [6.45, 7) is 5.76. The lowest BCUT2D eigenvalue weighted by atomic mass is 10.1. The average Bonchev–Trinajstić information content (AvgIpc) is 3.26. The summed E-state index contributed by atoms with van der Waals surface area (Å²) >= 11 is 17.9. The van der Waals surface area contributed by atoms with Gasteiger partial charge in [-0.25, -0.2) is 4.79 Å².